The van der Waals surface area contributed by atoms with Gasteiger partial charge in [-0.3, -0.25) is 4.99 Å². The molecule has 3 rings (SSSR count). The molecule has 1 aromatic carbocycles. The van der Waals surface area contributed by atoms with Crippen molar-refractivity contribution >= 4 is 16.9 Å². The third-order valence-electron chi connectivity index (χ3n) is 2.52. The van der Waals surface area contributed by atoms with E-state index in [0.717, 1.165) is 29.2 Å². The average molecular weight is 200 g/mol. The number of hydrogen-bond donors (Lipinski definition) is 2. The van der Waals surface area contributed by atoms with Crippen LogP contribution in [-0.2, 0) is 0 Å². The first-order valence-electron chi connectivity index (χ1n) is 5.09. The second-order valence-electron chi connectivity index (χ2n) is 3.84. The second kappa shape index (κ2) is 3.08. The summed E-state index contributed by atoms with van der Waals surface area (Å²) in [7, 11) is 0. The number of imidazole rings is 1. The van der Waals surface area contributed by atoms with Crippen molar-refractivity contribution in [2.75, 3.05) is 6.54 Å². The number of rotatable bonds is 1. The van der Waals surface area contributed by atoms with E-state index in [4.69, 9.17) is 0 Å². The second-order valence-corrected chi connectivity index (χ2v) is 3.84. The Kier molecular flexibility index (Phi) is 1.74. The Labute approximate surface area is 87.4 Å². The molecule has 0 spiro atoms. The molecule has 4 nitrogen and oxygen atoms in total. The highest BCUT2D eigenvalue weighted by Gasteiger charge is 2.16. The van der Waals surface area contributed by atoms with Crippen molar-refractivity contribution < 1.29 is 0 Å². The number of H-pyrrole nitrogens is 1. The van der Waals surface area contributed by atoms with Crippen LogP contribution in [0, 0.1) is 0 Å². The third kappa shape index (κ3) is 1.38. The monoisotopic (exact) mass is 200 g/mol. The van der Waals surface area contributed by atoms with Crippen molar-refractivity contribution in [2.45, 2.75) is 13.0 Å². The summed E-state index contributed by atoms with van der Waals surface area (Å²) in [6, 6.07) is 8.41. The fourth-order valence-electron chi connectivity index (χ4n) is 1.76. The molecule has 1 aliphatic heterocycles. The molecule has 1 atom stereocenters. The molecule has 4 heteroatoms. The standard InChI is InChI=1S/C11H12N4/c1-7-6-12-10(13-7)11-14-8-4-2-3-5-9(8)15-11/h2-5,7H,6H2,1H3,(H,12,13)(H,14,15). The van der Waals surface area contributed by atoms with Crippen molar-refractivity contribution in [3.05, 3.63) is 30.1 Å². The molecule has 76 valence electrons. The Hall–Kier alpha value is -1.84. The predicted molar refractivity (Wildman–Crippen MR) is 60.1 cm³/mol. The highest BCUT2D eigenvalue weighted by Crippen LogP contribution is 2.11. The maximum Gasteiger partial charge on any atom is 0.173 e. The molecule has 15 heavy (non-hydrogen) atoms. The van der Waals surface area contributed by atoms with E-state index in [2.05, 4.69) is 27.2 Å². The van der Waals surface area contributed by atoms with E-state index in [1.54, 1.807) is 0 Å². The van der Waals surface area contributed by atoms with Gasteiger partial charge in [0, 0.05) is 6.04 Å². The Bertz CT molecular complexity index is 493. The lowest BCUT2D eigenvalue weighted by Gasteiger charge is -2.01. The van der Waals surface area contributed by atoms with Crippen LogP contribution in [0.3, 0.4) is 0 Å². The summed E-state index contributed by atoms with van der Waals surface area (Å²) in [6.45, 7) is 2.94. The molecule has 2 aromatic rings. The fraction of sp³-hybridized carbons (Fsp3) is 0.273. The molecule has 2 N–H and O–H groups in total. The summed E-state index contributed by atoms with van der Waals surface area (Å²) in [4.78, 5) is 12.1. The van der Waals surface area contributed by atoms with E-state index >= 15 is 0 Å². The van der Waals surface area contributed by atoms with Crippen molar-refractivity contribution in [3.8, 4) is 0 Å². The van der Waals surface area contributed by atoms with Gasteiger partial charge in [0.05, 0.1) is 17.6 Å². The van der Waals surface area contributed by atoms with Crippen molar-refractivity contribution in [3.63, 3.8) is 0 Å². The molecule has 0 bridgehead atoms. The van der Waals surface area contributed by atoms with E-state index in [-0.39, 0.29) is 0 Å². The molecule has 0 fully saturated rings. The van der Waals surface area contributed by atoms with E-state index in [0.29, 0.717) is 6.04 Å². The number of nitrogens with one attached hydrogen (secondary N) is 2. The Morgan fingerprint density at radius 1 is 1.33 bits per heavy atom. The predicted octanol–water partition coefficient (Wildman–Crippen LogP) is 1.30. The molecule has 0 saturated carbocycles. The van der Waals surface area contributed by atoms with Crippen LogP contribution >= 0.6 is 0 Å². The molecule has 2 heterocycles. The molecule has 0 amide bonds. The quantitative estimate of drug-likeness (QED) is 0.729. The molecule has 0 aliphatic carbocycles. The van der Waals surface area contributed by atoms with Crippen LogP contribution < -0.4 is 5.32 Å². The highest BCUT2D eigenvalue weighted by atomic mass is 15.1. The van der Waals surface area contributed by atoms with Gasteiger partial charge in [0.25, 0.3) is 0 Å². The number of hydrogen-bond acceptors (Lipinski definition) is 3. The molecule has 0 saturated heterocycles. The van der Waals surface area contributed by atoms with Gasteiger partial charge in [-0.15, -0.1) is 0 Å². The smallest absolute Gasteiger partial charge is 0.173 e. The number of amidine groups is 1. The number of para-hydroxylation sites is 2. The Morgan fingerprint density at radius 2 is 2.20 bits per heavy atom. The van der Waals surface area contributed by atoms with Crippen LogP contribution in [0.25, 0.3) is 11.0 Å². The minimum Gasteiger partial charge on any atom is -0.363 e. The lowest BCUT2D eigenvalue weighted by atomic mass is 10.3. The molecule has 1 aromatic heterocycles. The fourth-order valence-corrected chi connectivity index (χ4v) is 1.76. The lowest BCUT2D eigenvalue weighted by Crippen LogP contribution is -2.28. The highest BCUT2D eigenvalue weighted by molar-refractivity contribution is 5.99. The van der Waals surface area contributed by atoms with Gasteiger partial charge in [-0.25, -0.2) is 4.98 Å². The molecular formula is C11H12N4. The van der Waals surface area contributed by atoms with E-state index in [1.165, 1.54) is 0 Å². The molecule has 0 radical (unpaired) electrons. The number of fused-ring (bicyclic) bond motifs is 1. The summed E-state index contributed by atoms with van der Waals surface area (Å²) >= 11 is 0. The number of nitrogens with zero attached hydrogens (tertiary/aromatic N) is 2. The minimum atomic E-state index is 0.410. The SMILES string of the molecule is CC1CN=C(c2nc3ccccc3[nH]2)N1. The van der Waals surface area contributed by atoms with Gasteiger partial charge in [0.15, 0.2) is 11.7 Å². The van der Waals surface area contributed by atoms with Crippen LogP contribution in [-0.4, -0.2) is 28.4 Å². The maximum atomic E-state index is 4.48. The summed E-state index contributed by atoms with van der Waals surface area (Å²) in [5, 5.41) is 3.29. The zero-order valence-corrected chi connectivity index (χ0v) is 8.49. The summed E-state index contributed by atoms with van der Waals surface area (Å²) in [6.07, 6.45) is 0. The first kappa shape index (κ1) is 8.47. The van der Waals surface area contributed by atoms with Gasteiger partial charge in [-0.1, -0.05) is 12.1 Å². The van der Waals surface area contributed by atoms with Crippen molar-refractivity contribution in [1.82, 2.24) is 15.3 Å². The van der Waals surface area contributed by atoms with E-state index in [1.807, 2.05) is 24.3 Å². The number of aromatic nitrogens is 2. The van der Waals surface area contributed by atoms with Gasteiger partial charge in [-0.2, -0.15) is 0 Å². The Morgan fingerprint density at radius 3 is 2.93 bits per heavy atom. The first-order chi connectivity index (χ1) is 7.33. The van der Waals surface area contributed by atoms with Crippen molar-refractivity contribution in [1.29, 1.82) is 0 Å². The minimum absolute atomic E-state index is 0.410. The summed E-state index contributed by atoms with van der Waals surface area (Å²) < 4.78 is 0. The van der Waals surface area contributed by atoms with Crippen LogP contribution in [0.5, 0.6) is 0 Å². The maximum absolute atomic E-state index is 4.48. The number of benzene rings is 1. The van der Waals surface area contributed by atoms with Crippen LogP contribution in [0.2, 0.25) is 0 Å². The van der Waals surface area contributed by atoms with Gasteiger partial charge in [0.2, 0.25) is 0 Å². The zero-order chi connectivity index (χ0) is 10.3. The zero-order valence-electron chi connectivity index (χ0n) is 8.49. The summed E-state index contributed by atoms with van der Waals surface area (Å²) in [5.74, 6) is 1.71. The first-order valence-corrected chi connectivity index (χ1v) is 5.09. The van der Waals surface area contributed by atoms with Crippen LogP contribution in [0.1, 0.15) is 12.7 Å². The van der Waals surface area contributed by atoms with Crippen LogP contribution in [0.15, 0.2) is 29.3 Å². The lowest BCUT2D eigenvalue weighted by molar-refractivity contribution is 0.725. The van der Waals surface area contributed by atoms with Gasteiger partial charge >= 0.3 is 0 Å². The third-order valence-corrected chi connectivity index (χ3v) is 2.52. The summed E-state index contributed by atoms with van der Waals surface area (Å²) in [5.41, 5.74) is 2.04. The number of aliphatic imine (C=N–C) groups is 1. The average Bonchev–Trinajstić information content (AvgIpc) is 2.82. The largest absolute Gasteiger partial charge is 0.363 e. The van der Waals surface area contributed by atoms with Crippen LogP contribution in [0.4, 0.5) is 0 Å². The van der Waals surface area contributed by atoms with E-state index < -0.39 is 0 Å². The van der Waals surface area contributed by atoms with Gasteiger partial charge < -0.3 is 10.3 Å². The van der Waals surface area contributed by atoms with E-state index in [9.17, 15) is 0 Å². The number of aromatic amines is 1. The topological polar surface area (TPSA) is 53.1 Å². The molecule has 1 aliphatic rings. The molecule has 1 unspecified atom stereocenters. The van der Waals surface area contributed by atoms with Crippen molar-refractivity contribution in [2.24, 2.45) is 4.99 Å². The Balaban J connectivity index is 2.05. The van der Waals surface area contributed by atoms with Gasteiger partial charge in [-0.05, 0) is 19.1 Å². The van der Waals surface area contributed by atoms with Gasteiger partial charge in [0.1, 0.15) is 0 Å². The molecular weight excluding hydrogens is 188 g/mol. The normalized spacial score (nSPS) is 20.3.